The van der Waals surface area contributed by atoms with Crippen molar-refractivity contribution in [2.24, 2.45) is 5.92 Å². The summed E-state index contributed by atoms with van der Waals surface area (Å²) in [6.07, 6.45) is 2.48. The van der Waals surface area contributed by atoms with Crippen LogP contribution < -0.4 is 11.1 Å². The van der Waals surface area contributed by atoms with Crippen LogP contribution in [0.4, 0.5) is 11.9 Å². The molecule has 3 N–H and O–H groups in total. The molecule has 3 aliphatic rings. The fourth-order valence-electron chi connectivity index (χ4n) is 2.72. The third-order valence-electron chi connectivity index (χ3n) is 3.60. The predicted octanol–water partition coefficient (Wildman–Crippen LogP) is 0.613. The summed E-state index contributed by atoms with van der Waals surface area (Å²) in [4.78, 5) is 14.3. The Hall–Kier alpha value is -1.14. The second-order valence-electron chi connectivity index (χ2n) is 4.68. The lowest BCUT2D eigenvalue weighted by molar-refractivity contribution is 0.0972. The van der Waals surface area contributed by atoms with Crippen molar-refractivity contribution in [2.45, 2.75) is 18.9 Å². The first kappa shape index (κ1) is 11.0. The van der Waals surface area contributed by atoms with Crippen LogP contribution in [0.3, 0.4) is 0 Å². The summed E-state index contributed by atoms with van der Waals surface area (Å²) in [6, 6.07) is 0.398. The Labute approximate surface area is 105 Å². The molecule has 2 bridgehead atoms. The number of rotatable bonds is 2. The zero-order valence-electron chi connectivity index (χ0n) is 9.43. The fourth-order valence-corrected chi connectivity index (χ4v) is 2.89. The van der Waals surface area contributed by atoms with Crippen molar-refractivity contribution in [1.82, 2.24) is 19.9 Å². The summed E-state index contributed by atoms with van der Waals surface area (Å²) in [5.41, 5.74) is 5.54. The van der Waals surface area contributed by atoms with Gasteiger partial charge in [0, 0.05) is 12.6 Å². The van der Waals surface area contributed by atoms with E-state index >= 15 is 0 Å². The summed E-state index contributed by atoms with van der Waals surface area (Å²) in [6.45, 7) is 3.47. The lowest BCUT2D eigenvalue weighted by Gasteiger charge is -2.44. The van der Waals surface area contributed by atoms with E-state index in [0.717, 1.165) is 6.54 Å². The highest BCUT2D eigenvalue weighted by Gasteiger charge is 2.34. The lowest BCUT2D eigenvalue weighted by atomic mass is 9.84. The average Bonchev–Trinajstić information content (AvgIpc) is 2.29. The molecule has 0 saturated carbocycles. The number of fused-ring (bicyclic) bond motifs is 3. The maximum atomic E-state index is 5.75. The zero-order chi connectivity index (χ0) is 11.8. The fraction of sp³-hybridized carbons (Fsp3) is 0.700. The largest absolute Gasteiger partial charge is 0.368 e. The normalized spacial score (nSPS) is 31.5. The molecule has 6 nitrogen and oxygen atoms in total. The molecule has 0 aliphatic carbocycles. The summed E-state index contributed by atoms with van der Waals surface area (Å²) < 4.78 is 0. The Morgan fingerprint density at radius 3 is 2.59 bits per heavy atom. The zero-order valence-corrected chi connectivity index (χ0v) is 10.2. The van der Waals surface area contributed by atoms with Crippen molar-refractivity contribution in [3.63, 3.8) is 0 Å². The van der Waals surface area contributed by atoms with Gasteiger partial charge in [-0.1, -0.05) is 0 Å². The summed E-state index contributed by atoms with van der Waals surface area (Å²) in [5, 5.41) is 3.47. The lowest BCUT2D eigenvalue weighted by Crippen LogP contribution is -2.53. The maximum absolute atomic E-state index is 5.75. The molecule has 1 unspecified atom stereocenters. The van der Waals surface area contributed by atoms with Gasteiger partial charge in [-0.3, -0.25) is 0 Å². The van der Waals surface area contributed by atoms with Gasteiger partial charge in [0.05, 0.1) is 0 Å². The molecule has 1 atom stereocenters. The van der Waals surface area contributed by atoms with Gasteiger partial charge in [-0.2, -0.15) is 15.0 Å². The van der Waals surface area contributed by atoms with Gasteiger partial charge in [0.25, 0.3) is 0 Å². The van der Waals surface area contributed by atoms with Crippen LogP contribution in [0.25, 0.3) is 0 Å². The number of piperidine rings is 3. The van der Waals surface area contributed by atoms with Crippen molar-refractivity contribution >= 4 is 23.5 Å². The molecule has 3 saturated heterocycles. The van der Waals surface area contributed by atoms with Crippen molar-refractivity contribution < 1.29 is 0 Å². The van der Waals surface area contributed by atoms with Gasteiger partial charge in [0.1, 0.15) is 0 Å². The molecule has 4 rings (SSSR count). The van der Waals surface area contributed by atoms with Crippen LogP contribution in [0.5, 0.6) is 0 Å². The molecule has 4 heterocycles. The first-order valence-corrected chi connectivity index (χ1v) is 6.24. The Morgan fingerprint density at radius 2 is 2.00 bits per heavy atom. The Morgan fingerprint density at radius 1 is 1.24 bits per heavy atom. The first-order valence-electron chi connectivity index (χ1n) is 5.86. The number of anilines is 2. The molecule has 0 radical (unpaired) electrons. The SMILES string of the molecule is Nc1nc(Cl)nc(NC2CN3CCC2CC3)n1. The van der Waals surface area contributed by atoms with Crippen LogP contribution in [-0.4, -0.2) is 45.5 Å². The Bertz CT molecular complexity index is 397. The third kappa shape index (κ3) is 2.28. The molecule has 0 amide bonds. The molecule has 3 fully saturated rings. The third-order valence-corrected chi connectivity index (χ3v) is 3.77. The minimum Gasteiger partial charge on any atom is -0.368 e. The molecule has 17 heavy (non-hydrogen) atoms. The number of halogens is 1. The average molecular weight is 255 g/mol. The van der Waals surface area contributed by atoms with Gasteiger partial charge in [0.2, 0.25) is 17.2 Å². The van der Waals surface area contributed by atoms with E-state index < -0.39 is 0 Å². The molecule has 1 aromatic heterocycles. The number of hydrogen-bond acceptors (Lipinski definition) is 6. The van der Waals surface area contributed by atoms with E-state index in [1.54, 1.807) is 0 Å². The monoisotopic (exact) mass is 254 g/mol. The van der Waals surface area contributed by atoms with E-state index in [2.05, 4.69) is 25.2 Å². The van der Waals surface area contributed by atoms with E-state index in [-0.39, 0.29) is 11.2 Å². The Balaban J connectivity index is 1.74. The number of nitrogens with one attached hydrogen (secondary N) is 1. The second kappa shape index (κ2) is 4.27. The molecular formula is C10H15ClN6. The van der Waals surface area contributed by atoms with Crippen LogP contribution in [0.2, 0.25) is 5.28 Å². The van der Waals surface area contributed by atoms with Gasteiger partial charge in [-0.25, -0.2) is 0 Å². The molecule has 92 valence electrons. The number of nitrogens with two attached hydrogens (primary N) is 1. The van der Waals surface area contributed by atoms with Crippen LogP contribution in [0.15, 0.2) is 0 Å². The van der Waals surface area contributed by atoms with Gasteiger partial charge in [-0.15, -0.1) is 0 Å². The van der Waals surface area contributed by atoms with Crippen molar-refractivity contribution in [2.75, 3.05) is 30.7 Å². The van der Waals surface area contributed by atoms with Gasteiger partial charge in [0.15, 0.2) is 0 Å². The summed E-state index contributed by atoms with van der Waals surface area (Å²) >= 11 is 5.75. The first-order chi connectivity index (χ1) is 8.20. The highest BCUT2D eigenvalue weighted by Crippen LogP contribution is 2.29. The topological polar surface area (TPSA) is 80.0 Å². The molecule has 1 aromatic rings. The summed E-state index contributed by atoms with van der Waals surface area (Å²) in [5.74, 6) is 1.35. The highest BCUT2D eigenvalue weighted by molar-refractivity contribution is 6.28. The van der Waals surface area contributed by atoms with Gasteiger partial charge >= 0.3 is 0 Å². The van der Waals surface area contributed by atoms with Crippen LogP contribution >= 0.6 is 11.6 Å². The van der Waals surface area contributed by atoms with Crippen molar-refractivity contribution in [1.29, 1.82) is 0 Å². The smallest absolute Gasteiger partial charge is 0.229 e. The minimum absolute atomic E-state index is 0.140. The molecule has 0 aromatic carbocycles. The molecule has 7 heteroatoms. The number of aromatic nitrogens is 3. The quantitative estimate of drug-likeness (QED) is 0.805. The second-order valence-corrected chi connectivity index (χ2v) is 5.01. The number of nitrogens with zero attached hydrogens (tertiary/aromatic N) is 4. The van der Waals surface area contributed by atoms with E-state index in [1.165, 1.54) is 25.9 Å². The van der Waals surface area contributed by atoms with E-state index in [4.69, 9.17) is 17.3 Å². The van der Waals surface area contributed by atoms with Crippen LogP contribution in [0.1, 0.15) is 12.8 Å². The molecule has 3 aliphatic heterocycles. The van der Waals surface area contributed by atoms with E-state index in [0.29, 0.717) is 17.9 Å². The van der Waals surface area contributed by atoms with E-state index in [9.17, 15) is 0 Å². The van der Waals surface area contributed by atoms with Gasteiger partial charge in [-0.05, 0) is 43.5 Å². The number of hydrogen-bond donors (Lipinski definition) is 2. The van der Waals surface area contributed by atoms with Crippen molar-refractivity contribution in [3.05, 3.63) is 5.28 Å². The Kier molecular flexibility index (Phi) is 2.76. The maximum Gasteiger partial charge on any atom is 0.229 e. The molecular weight excluding hydrogens is 240 g/mol. The van der Waals surface area contributed by atoms with Crippen LogP contribution in [0, 0.1) is 5.92 Å². The highest BCUT2D eigenvalue weighted by atomic mass is 35.5. The predicted molar refractivity (Wildman–Crippen MR) is 65.8 cm³/mol. The minimum atomic E-state index is 0.140. The summed E-state index contributed by atoms with van der Waals surface area (Å²) in [7, 11) is 0. The van der Waals surface area contributed by atoms with Crippen molar-refractivity contribution in [3.8, 4) is 0 Å². The standard InChI is InChI=1S/C10H15ClN6/c11-8-14-9(12)16-10(15-8)13-7-5-17-3-1-6(7)2-4-17/h6-7H,1-5H2,(H3,12,13,14,15,16). The van der Waals surface area contributed by atoms with E-state index in [1.807, 2.05) is 0 Å². The van der Waals surface area contributed by atoms with Crippen LogP contribution in [-0.2, 0) is 0 Å². The molecule has 0 spiro atoms. The van der Waals surface area contributed by atoms with Gasteiger partial charge < -0.3 is 16.0 Å². The number of nitrogen functional groups attached to an aromatic ring is 1.